The van der Waals surface area contributed by atoms with Crippen molar-refractivity contribution in [1.29, 1.82) is 0 Å². The molecule has 52 valence electrons. The number of hydrogen-bond donors (Lipinski definition) is 1. The van der Waals surface area contributed by atoms with E-state index in [0.717, 1.165) is 0 Å². The molecule has 0 bridgehead atoms. The van der Waals surface area contributed by atoms with Crippen molar-refractivity contribution in [3.63, 3.8) is 0 Å². The fourth-order valence-electron chi connectivity index (χ4n) is 0.450. The molecule has 5 heteroatoms. The minimum absolute atomic E-state index is 0.111. The van der Waals surface area contributed by atoms with E-state index in [1.807, 2.05) is 0 Å². The Morgan fingerprint density at radius 2 is 2.10 bits per heavy atom. The minimum atomic E-state index is -0.111. The quantitative estimate of drug-likeness (QED) is 0.374. The zero-order valence-electron chi connectivity index (χ0n) is 4.90. The molecule has 0 spiro atoms. The van der Waals surface area contributed by atoms with E-state index in [-0.39, 0.29) is 11.0 Å². The smallest absolute Gasteiger partial charge is 0.212 e. The van der Waals surface area contributed by atoms with Gasteiger partial charge in [-0.3, -0.25) is 0 Å². The zero-order valence-corrected chi connectivity index (χ0v) is 5.65. The highest BCUT2D eigenvalue weighted by atomic mass is 35.5. The van der Waals surface area contributed by atoms with E-state index in [0.29, 0.717) is 0 Å². The predicted molar refractivity (Wildman–Crippen MR) is 36.2 cm³/mol. The first-order valence-corrected chi connectivity index (χ1v) is 2.87. The third-order valence-corrected chi connectivity index (χ3v) is 1.08. The van der Waals surface area contributed by atoms with Crippen LogP contribution in [0.2, 0.25) is 0 Å². The Morgan fingerprint density at radius 3 is 2.60 bits per heavy atom. The number of halogens is 1. The molecule has 0 aliphatic carbocycles. The molecule has 0 unspecified atom stereocenters. The van der Waals surface area contributed by atoms with Gasteiger partial charge in [0, 0.05) is 12.4 Å². The largest absolute Gasteiger partial charge is 0.410 e. The van der Waals surface area contributed by atoms with Crippen LogP contribution < -0.4 is 0 Å². The van der Waals surface area contributed by atoms with Gasteiger partial charge in [0.05, 0.1) is 0 Å². The summed E-state index contributed by atoms with van der Waals surface area (Å²) in [6.07, 6.45) is 3.02. The van der Waals surface area contributed by atoms with E-state index in [1.54, 1.807) is 6.07 Å². The third-order valence-electron chi connectivity index (χ3n) is 0.838. The molecule has 1 rings (SSSR count). The lowest BCUT2D eigenvalue weighted by molar-refractivity contribution is 0.320. The Morgan fingerprint density at radius 1 is 1.50 bits per heavy atom. The highest BCUT2D eigenvalue weighted by Crippen LogP contribution is 1.94. The van der Waals surface area contributed by atoms with Crippen LogP contribution in [0, 0.1) is 0 Å². The Labute approximate surface area is 62.2 Å². The van der Waals surface area contributed by atoms with Crippen LogP contribution in [0.4, 0.5) is 0 Å². The average molecular weight is 158 g/mol. The van der Waals surface area contributed by atoms with E-state index >= 15 is 0 Å². The van der Waals surface area contributed by atoms with Gasteiger partial charge >= 0.3 is 0 Å². The second-order valence-electron chi connectivity index (χ2n) is 1.46. The zero-order chi connectivity index (χ0) is 7.40. The van der Waals surface area contributed by atoms with Crippen molar-refractivity contribution >= 4 is 16.8 Å². The SMILES string of the molecule is O/N=C(\Cl)c1ncccn1. The van der Waals surface area contributed by atoms with Gasteiger partial charge in [0.25, 0.3) is 0 Å². The molecule has 10 heavy (non-hydrogen) atoms. The van der Waals surface area contributed by atoms with Gasteiger partial charge in [0.2, 0.25) is 5.17 Å². The first kappa shape index (κ1) is 6.95. The van der Waals surface area contributed by atoms with E-state index in [9.17, 15) is 0 Å². The van der Waals surface area contributed by atoms with Crippen LogP contribution >= 0.6 is 11.6 Å². The van der Waals surface area contributed by atoms with Crippen LogP contribution in [0.3, 0.4) is 0 Å². The van der Waals surface area contributed by atoms with E-state index < -0.39 is 0 Å². The van der Waals surface area contributed by atoms with Gasteiger partial charge in [-0.05, 0) is 6.07 Å². The van der Waals surface area contributed by atoms with Crippen molar-refractivity contribution in [1.82, 2.24) is 9.97 Å². The molecule has 1 heterocycles. The maximum Gasteiger partial charge on any atom is 0.212 e. The standard InChI is InChI=1S/C5H4ClN3O/c6-4(9-10)5-7-2-1-3-8-5/h1-3,10H/b9-4-. The summed E-state index contributed by atoms with van der Waals surface area (Å²) >= 11 is 5.37. The van der Waals surface area contributed by atoms with Gasteiger partial charge in [-0.1, -0.05) is 16.8 Å². The van der Waals surface area contributed by atoms with Gasteiger partial charge in [0.1, 0.15) is 0 Å². The highest BCUT2D eigenvalue weighted by Gasteiger charge is 1.99. The molecule has 0 amide bonds. The first-order valence-electron chi connectivity index (χ1n) is 2.49. The topological polar surface area (TPSA) is 58.4 Å². The molecule has 4 nitrogen and oxygen atoms in total. The average Bonchev–Trinajstić information content (AvgIpc) is 2.05. The molecule has 0 radical (unpaired) electrons. The maximum atomic E-state index is 8.16. The molecule has 0 atom stereocenters. The molecular formula is C5H4ClN3O. The Hall–Kier alpha value is -1.16. The van der Waals surface area contributed by atoms with Gasteiger partial charge in [0.15, 0.2) is 5.82 Å². The summed E-state index contributed by atoms with van der Waals surface area (Å²) in [5.41, 5.74) is 0. The summed E-state index contributed by atoms with van der Waals surface area (Å²) in [4.78, 5) is 7.43. The number of aromatic nitrogens is 2. The summed E-state index contributed by atoms with van der Waals surface area (Å²) in [5, 5.41) is 10.8. The molecule has 1 aromatic heterocycles. The lowest BCUT2D eigenvalue weighted by atomic mass is 10.6. The van der Waals surface area contributed by atoms with Crippen molar-refractivity contribution in [2.24, 2.45) is 5.16 Å². The van der Waals surface area contributed by atoms with Gasteiger partial charge in [-0.25, -0.2) is 9.97 Å². The molecule has 0 saturated carbocycles. The van der Waals surface area contributed by atoms with Crippen LogP contribution in [-0.4, -0.2) is 20.3 Å². The molecule has 0 aromatic carbocycles. The Bertz CT molecular complexity index is 236. The number of nitrogens with zero attached hydrogens (tertiary/aromatic N) is 3. The Balaban J connectivity index is 2.96. The lowest BCUT2D eigenvalue weighted by Crippen LogP contribution is -1.97. The molecule has 0 saturated heterocycles. The van der Waals surface area contributed by atoms with Crippen molar-refractivity contribution in [2.75, 3.05) is 0 Å². The van der Waals surface area contributed by atoms with Crippen molar-refractivity contribution < 1.29 is 5.21 Å². The second kappa shape index (κ2) is 3.12. The molecule has 1 aromatic rings. The number of oxime groups is 1. The van der Waals surface area contributed by atoms with Gasteiger partial charge in [-0.15, -0.1) is 0 Å². The monoisotopic (exact) mass is 157 g/mol. The van der Waals surface area contributed by atoms with Crippen LogP contribution in [0.15, 0.2) is 23.6 Å². The van der Waals surface area contributed by atoms with Crippen LogP contribution in [0.5, 0.6) is 0 Å². The van der Waals surface area contributed by atoms with Crippen molar-refractivity contribution in [3.8, 4) is 0 Å². The summed E-state index contributed by atoms with van der Waals surface area (Å²) < 4.78 is 0. The molecule has 0 aliphatic rings. The lowest BCUT2D eigenvalue weighted by Gasteiger charge is -1.89. The fraction of sp³-hybridized carbons (Fsp3) is 0. The molecule has 0 fully saturated rings. The van der Waals surface area contributed by atoms with E-state index in [1.165, 1.54) is 12.4 Å². The van der Waals surface area contributed by atoms with Gasteiger partial charge in [-0.2, -0.15) is 0 Å². The number of rotatable bonds is 1. The minimum Gasteiger partial charge on any atom is -0.410 e. The Kier molecular flexibility index (Phi) is 2.17. The maximum absolute atomic E-state index is 8.16. The van der Waals surface area contributed by atoms with E-state index in [2.05, 4.69) is 15.1 Å². The first-order chi connectivity index (χ1) is 4.84. The fourth-order valence-corrected chi connectivity index (χ4v) is 0.548. The van der Waals surface area contributed by atoms with Crippen LogP contribution in [-0.2, 0) is 0 Å². The van der Waals surface area contributed by atoms with Crippen molar-refractivity contribution in [2.45, 2.75) is 0 Å². The van der Waals surface area contributed by atoms with Crippen molar-refractivity contribution in [3.05, 3.63) is 24.3 Å². The number of hydrogen-bond acceptors (Lipinski definition) is 4. The normalized spacial score (nSPS) is 11.5. The van der Waals surface area contributed by atoms with Crippen LogP contribution in [0.1, 0.15) is 5.82 Å². The molecule has 1 N–H and O–H groups in total. The highest BCUT2D eigenvalue weighted by molar-refractivity contribution is 6.68. The third kappa shape index (κ3) is 1.41. The van der Waals surface area contributed by atoms with Gasteiger partial charge < -0.3 is 5.21 Å². The summed E-state index contributed by atoms with van der Waals surface area (Å²) in [6.45, 7) is 0. The second-order valence-corrected chi connectivity index (χ2v) is 1.82. The predicted octanol–water partition coefficient (Wildman–Crippen LogP) is 0.851. The summed E-state index contributed by atoms with van der Waals surface area (Å²) in [5.74, 6) is 0.215. The summed E-state index contributed by atoms with van der Waals surface area (Å²) in [7, 11) is 0. The summed E-state index contributed by atoms with van der Waals surface area (Å²) in [6, 6.07) is 1.64. The molecular weight excluding hydrogens is 154 g/mol. The van der Waals surface area contributed by atoms with Crippen LogP contribution in [0.25, 0.3) is 0 Å². The van der Waals surface area contributed by atoms with E-state index in [4.69, 9.17) is 16.8 Å². The molecule has 0 aliphatic heterocycles.